The number of rotatable bonds is 4. The Morgan fingerprint density at radius 3 is 2.83 bits per heavy atom. The zero-order chi connectivity index (χ0) is 13.1. The Morgan fingerprint density at radius 1 is 1.50 bits per heavy atom. The molecule has 2 rings (SSSR count). The van der Waals surface area contributed by atoms with Crippen LogP contribution in [0, 0.1) is 17.0 Å². The van der Waals surface area contributed by atoms with E-state index in [-0.39, 0.29) is 10.7 Å². The van der Waals surface area contributed by atoms with E-state index in [9.17, 15) is 10.1 Å². The van der Waals surface area contributed by atoms with E-state index in [1.165, 1.54) is 12.1 Å². The number of nitrogens with two attached hydrogens (primary N) is 1. The van der Waals surface area contributed by atoms with E-state index in [4.69, 9.17) is 5.84 Å². The number of H-pyrrole nitrogens is 1. The summed E-state index contributed by atoms with van der Waals surface area (Å²) >= 11 is 0.991. The van der Waals surface area contributed by atoms with Crippen molar-refractivity contribution >= 4 is 23.3 Å². The molecule has 94 valence electrons. The van der Waals surface area contributed by atoms with Gasteiger partial charge in [-0.05, 0) is 24.8 Å². The van der Waals surface area contributed by atoms with Gasteiger partial charge in [-0.1, -0.05) is 0 Å². The molecule has 0 atom stereocenters. The Balaban J connectivity index is 2.37. The number of hydrogen-bond donors (Lipinski definition) is 3. The van der Waals surface area contributed by atoms with Gasteiger partial charge in [-0.15, -0.1) is 5.10 Å². The van der Waals surface area contributed by atoms with Crippen molar-refractivity contribution in [1.29, 1.82) is 0 Å². The minimum atomic E-state index is -0.519. The Labute approximate surface area is 105 Å². The zero-order valence-corrected chi connectivity index (χ0v) is 10.1. The summed E-state index contributed by atoms with van der Waals surface area (Å²) in [7, 11) is 0. The second-order valence-electron chi connectivity index (χ2n) is 3.23. The quantitative estimate of drug-likeness (QED) is 0.421. The molecule has 0 radical (unpaired) electrons. The number of hydrogen-bond acceptors (Lipinski definition) is 8. The van der Waals surface area contributed by atoms with Crippen LogP contribution >= 0.6 is 11.8 Å². The molecule has 0 aliphatic carbocycles. The van der Waals surface area contributed by atoms with Gasteiger partial charge in [0.05, 0.1) is 4.92 Å². The number of aromatic amines is 1. The maximum absolute atomic E-state index is 10.9. The summed E-state index contributed by atoms with van der Waals surface area (Å²) in [6.07, 6.45) is 0. The normalized spacial score (nSPS) is 10.3. The van der Waals surface area contributed by atoms with E-state index >= 15 is 0 Å². The molecule has 0 spiro atoms. The maximum Gasteiger partial charge on any atom is 0.301 e. The molecule has 0 bridgehead atoms. The number of nitrogen functional groups attached to an aromatic ring is 1. The van der Waals surface area contributed by atoms with Gasteiger partial charge < -0.3 is 5.43 Å². The third-order valence-electron chi connectivity index (χ3n) is 1.95. The fourth-order valence-electron chi connectivity index (χ4n) is 1.18. The van der Waals surface area contributed by atoms with Crippen molar-refractivity contribution in [3.8, 4) is 0 Å². The number of pyridine rings is 1. The lowest BCUT2D eigenvalue weighted by molar-refractivity contribution is -0.388. The van der Waals surface area contributed by atoms with Crippen molar-refractivity contribution in [1.82, 2.24) is 20.2 Å². The van der Waals surface area contributed by atoms with Crippen LogP contribution in [0.3, 0.4) is 0 Å². The van der Waals surface area contributed by atoms with Gasteiger partial charge in [0.1, 0.15) is 11.6 Å². The molecule has 0 amide bonds. The third kappa shape index (κ3) is 2.55. The summed E-state index contributed by atoms with van der Waals surface area (Å²) < 4.78 is 0. The van der Waals surface area contributed by atoms with Crippen LogP contribution in [0.2, 0.25) is 0 Å². The lowest BCUT2D eigenvalue weighted by Crippen LogP contribution is -2.09. The number of aryl methyl sites for hydroxylation is 1. The Morgan fingerprint density at radius 2 is 2.28 bits per heavy atom. The first-order valence-corrected chi connectivity index (χ1v) is 5.60. The van der Waals surface area contributed by atoms with Crippen LogP contribution in [0.5, 0.6) is 0 Å². The van der Waals surface area contributed by atoms with E-state index in [0.717, 1.165) is 11.8 Å². The number of hydrazine groups is 1. The largest absolute Gasteiger partial charge is 0.308 e. The minimum absolute atomic E-state index is 0.124. The highest BCUT2D eigenvalue weighted by Crippen LogP contribution is 2.31. The van der Waals surface area contributed by atoms with Gasteiger partial charge in [0, 0.05) is 6.07 Å². The van der Waals surface area contributed by atoms with Crippen molar-refractivity contribution in [3.05, 3.63) is 28.1 Å². The van der Waals surface area contributed by atoms with E-state index in [1.807, 2.05) is 0 Å². The first-order valence-electron chi connectivity index (χ1n) is 4.79. The molecular weight excluding hydrogens is 258 g/mol. The van der Waals surface area contributed by atoms with Crippen molar-refractivity contribution in [2.75, 3.05) is 5.43 Å². The molecule has 2 aromatic heterocycles. The van der Waals surface area contributed by atoms with Gasteiger partial charge in [0.15, 0.2) is 5.03 Å². The molecule has 2 aromatic rings. The number of aromatic nitrogens is 4. The second-order valence-corrected chi connectivity index (χ2v) is 4.18. The fourth-order valence-corrected chi connectivity index (χ4v) is 2.02. The van der Waals surface area contributed by atoms with Gasteiger partial charge in [0.2, 0.25) is 5.16 Å². The van der Waals surface area contributed by atoms with E-state index in [1.54, 1.807) is 6.92 Å². The van der Waals surface area contributed by atoms with Crippen LogP contribution in [0.15, 0.2) is 22.3 Å². The Kier molecular flexibility index (Phi) is 3.39. The monoisotopic (exact) mass is 267 g/mol. The van der Waals surface area contributed by atoms with E-state index in [2.05, 4.69) is 25.6 Å². The average molecular weight is 267 g/mol. The number of nitrogens with one attached hydrogen (secondary N) is 2. The van der Waals surface area contributed by atoms with Crippen LogP contribution in [0.25, 0.3) is 0 Å². The molecule has 0 unspecified atom stereocenters. The fraction of sp³-hybridized carbons (Fsp3) is 0.125. The Bertz CT molecular complexity index is 585. The highest BCUT2D eigenvalue weighted by atomic mass is 32.2. The van der Waals surface area contributed by atoms with E-state index in [0.29, 0.717) is 16.8 Å². The molecular formula is C8H9N7O2S. The number of nitrogens with zero attached hydrogens (tertiary/aromatic N) is 4. The lowest BCUT2D eigenvalue weighted by Gasteiger charge is -2.02. The third-order valence-corrected chi connectivity index (χ3v) is 2.81. The molecule has 0 saturated carbocycles. The zero-order valence-electron chi connectivity index (χ0n) is 9.25. The van der Waals surface area contributed by atoms with Gasteiger partial charge in [-0.3, -0.25) is 15.2 Å². The number of anilines is 1. The highest BCUT2D eigenvalue weighted by molar-refractivity contribution is 7.99. The average Bonchev–Trinajstić information content (AvgIpc) is 2.74. The van der Waals surface area contributed by atoms with Crippen molar-refractivity contribution in [3.63, 3.8) is 0 Å². The van der Waals surface area contributed by atoms with Crippen molar-refractivity contribution in [2.45, 2.75) is 17.1 Å². The molecule has 4 N–H and O–H groups in total. The summed E-state index contributed by atoms with van der Waals surface area (Å²) in [6.45, 7) is 1.73. The standard InChI is InChI=1S/C8H9N7O2S/c1-4-10-8(14-13-4)18-7-5(15(16)17)2-3-6(11-7)12-9/h2-3H,9H2,1H3,(H,11,12)(H,10,13,14). The van der Waals surface area contributed by atoms with Gasteiger partial charge >= 0.3 is 5.69 Å². The second kappa shape index (κ2) is 4.98. The molecule has 0 aromatic carbocycles. The van der Waals surface area contributed by atoms with Crippen LogP contribution in [-0.4, -0.2) is 25.1 Å². The molecule has 9 nitrogen and oxygen atoms in total. The Hall–Kier alpha value is -2.20. The minimum Gasteiger partial charge on any atom is -0.308 e. The van der Waals surface area contributed by atoms with Crippen LogP contribution in [0.4, 0.5) is 11.5 Å². The predicted octanol–water partition coefficient (Wildman–Crippen LogP) is 0.853. The topological polar surface area (TPSA) is 136 Å². The molecule has 10 heteroatoms. The summed E-state index contributed by atoms with van der Waals surface area (Å²) in [6, 6.07) is 2.75. The predicted molar refractivity (Wildman–Crippen MR) is 63.9 cm³/mol. The summed E-state index contributed by atoms with van der Waals surface area (Å²) in [5, 5.41) is 17.9. The van der Waals surface area contributed by atoms with Crippen molar-refractivity contribution in [2.24, 2.45) is 5.84 Å². The van der Waals surface area contributed by atoms with Gasteiger partial charge in [0.25, 0.3) is 0 Å². The first kappa shape index (κ1) is 12.3. The van der Waals surface area contributed by atoms with Gasteiger partial charge in [-0.2, -0.15) is 0 Å². The van der Waals surface area contributed by atoms with Crippen molar-refractivity contribution < 1.29 is 4.92 Å². The SMILES string of the molecule is Cc1nc(Sc2nc(NN)ccc2[N+](=O)[O-])n[nH]1. The van der Waals surface area contributed by atoms with Crippen LogP contribution < -0.4 is 11.3 Å². The molecule has 18 heavy (non-hydrogen) atoms. The smallest absolute Gasteiger partial charge is 0.301 e. The van der Waals surface area contributed by atoms with E-state index < -0.39 is 4.92 Å². The maximum atomic E-state index is 10.9. The molecule has 0 saturated heterocycles. The molecule has 0 fully saturated rings. The summed E-state index contributed by atoms with van der Waals surface area (Å²) in [4.78, 5) is 18.4. The molecule has 0 aliphatic heterocycles. The highest BCUT2D eigenvalue weighted by Gasteiger charge is 2.18. The first-order chi connectivity index (χ1) is 8.60. The molecule has 0 aliphatic rings. The van der Waals surface area contributed by atoms with Crippen LogP contribution in [0.1, 0.15) is 5.82 Å². The lowest BCUT2D eigenvalue weighted by atomic mass is 10.4. The summed E-state index contributed by atoms with van der Waals surface area (Å²) in [5.41, 5.74) is 2.21. The number of nitro groups is 1. The van der Waals surface area contributed by atoms with Gasteiger partial charge in [-0.25, -0.2) is 15.8 Å². The van der Waals surface area contributed by atoms with Crippen LogP contribution in [-0.2, 0) is 0 Å². The summed E-state index contributed by atoms with van der Waals surface area (Å²) in [5.74, 6) is 6.16. The molecule has 2 heterocycles.